The largest absolute Gasteiger partial charge is 0.396 e. The van der Waals surface area contributed by atoms with Gasteiger partial charge in [-0.05, 0) is 25.2 Å². The zero-order valence-corrected chi connectivity index (χ0v) is 9.81. The molecule has 0 rings (SSSR count). The molecule has 0 spiro atoms. The van der Waals surface area contributed by atoms with E-state index in [0.717, 1.165) is 19.3 Å². The molecule has 0 saturated heterocycles. The van der Waals surface area contributed by atoms with E-state index in [4.69, 9.17) is 5.11 Å². The Balaban J connectivity index is 3.56. The molecule has 0 aromatic carbocycles. The second-order valence-corrected chi connectivity index (χ2v) is 5.71. The summed E-state index contributed by atoms with van der Waals surface area (Å²) in [4.78, 5) is 0. The lowest BCUT2D eigenvalue weighted by atomic mass is 10.2. The quantitative estimate of drug-likeness (QED) is 0.596. The number of aliphatic hydroxyl groups is 1. The van der Waals surface area contributed by atoms with Crippen LogP contribution in [-0.2, 0) is 10.0 Å². The fourth-order valence-electron chi connectivity index (χ4n) is 1.14. The minimum Gasteiger partial charge on any atom is -0.396 e. The molecule has 0 aromatic heterocycles. The van der Waals surface area contributed by atoms with Gasteiger partial charge in [0.15, 0.2) is 0 Å². The average Bonchev–Trinajstić information content (AvgIpc) is 2.01. The Morgan fingerprint density at radius 1 is 1.21 bits per heavy atom. The molecular weight excluding hydrogens is 202 g/mol. The van der Waals surface area contributed by atoms with Crippen molar-refractivity contribution in [1.82, 2.24) is 4.72 Å². The van der Waals surface area contributed by atoms with Gasteiger partial charge in [0.25, 0.3) is 0 Å². The summed E-state index contributed by atoms with van der Waals surface area (Å²) >= 11 is 0. The number of hydrogen-bond donors (Lipinski definition) is 2. The van der Waals surface area contributed by atoms with E-state index in [0.29, 0.717) is 6.54 Å². The average molecular weight is 223 g/mol. The standard InChI is InChI=1S/C9H21NO3S/c1-9(2)8-14(12,13)10-6-4-3-5-7-11/h9-11H,3-8H2,1-2H3. The van der Waals surface area contributed by atoms with Crippen LogP contribution in [0.25, 0.3) is 0 Å². The number of nitrogens with one attached hydrogen (secondary N) is 1. The van der Waals surface area contributed by atoms with E-state index < -0.39 is 10.0 Å². The van der Waals surface area contributed by atoms with Crippen molar-refractivity contribution in [2.24, 2.45) is 5.92 Å². The minimum atomic E-state index is -3.08. The van der Waals surface area contributed by atoms with Crippen molar-refractivity contribution in [3.63, 3.8) is 0 Å². The van der Waals surface area contributed by atoms with Gasteiger partial charge < -0.3 is 5.11 Å². The number of rotatable bonds is 8. The summed E-state index contributed by atoms with van der Waals surface area (Å²) in [5.74, 6) is 0.345. The molecule has 0 heterocycles. The smallest absolute Gasteiger partial charge is 0.211 e. The van der Waals surface area contributed by atoms with Crippen LogP contribution in [0.3, 0.4) is 0 Å². The second-order valence-electron chi connectivity index (χ2n) is 3.85. The highest BCUT2D eigenvalue weighted by Crippen LogP contribution is 1.98. The van der Waals surface area contributed by atoms with Crippen LogP contribution in [0.4, 0.5) is 0 Å². The summed E-state index contributed by atoms with van der Waals surface area (Å²) in [5, 5.41) is 8.51. The van der Waals surface area contributed by atoms with Gasteiger partial charge in [-0.3, -0.25) is 0 Å². The summed E-state index contributed by atoms with van der Waals surface area (Å²) < 4.78 is 25.2. The molecule has 0 atom stereocenters. The third kappa shape index (κ3) is 8.47. The van der Waals surface area contributed by atoms with Crippen LogP contribution >= 0.6 is 0 Å². The van der Waals surface area contributed by atoms with Crippen molar-refractivity contribution in [2.45, 2.75) is 33.1 Å². The lowest BCUT2D eigenvalue weighted by Crippen LogP contribution is -2.29. The lowest BCUT2D eigenvalue weighted by molar-refractivity contribution is 0.283. The van der Waals surface area contributed by atoms with Crippen molar-refractivity contribution in [2.75, 3.05) is 18.9 Å². The molecule has 0 saturated carbocycles. The Hall–Kier alpha value is -0.130. The summed E-state index contributed by atoms with van der Waals surface area (Å²) in [6.07, 6.45) is 2.39. The van der Waals surface area contributed by atoms with Gasteiger partial charge in [-0.15, -0.1) is 0 Å². The molecule has 0 aromatic rings. The number of unbranched alkanes of at least 4 members (excludes halogenated alkanes) is 2. The van der Waals surface area contributed by atoms with Crippen molar-refractivity contribution >= 4 is 10.0 Å². The molecule has 0 aliphatic rings. The van der Waals surface area contributed by atoms with Gasteiger partial charge >= 0.3 is 0 Å². The van der Waals surface area contributed by atoms with Gasteiger partial charge in [-0.1, -0.05) is 13.8 Å². The van der Waals surface area contributed by atoms with Crippen molar-refractivity contribution in [3.05, 3.63) is 0 Å². The number of hydrogen-bond acceptors (Lipinski definition) is 3. The van der Waals surface area contributed by atoms with Crippen molar-refractivity contribution < 1.29 is 13.5 Å². The molecule has 0 fully saturated rings. The normalized spacial score (nSPS) is 12.3. The maximum absolute atomic E-state index is 11.3. The van der Waals surface area contributed by atoms with Crippen LogP contribution in [0.15, 0.2) is 0 Å². The van der Waals surface area contributed by atoms with Crippen LogP contribution in [0.1, 0.15) is 33.1 Å². The Bertz CT molecular complexity index is 224. The molecule has 0 aliphatic carbocycles. The lowest BCUT2D eigenvalue weighted by Gasteiger charge is -2.08. The topological polar surface area (TPSA) is 66.4 Å². The molecule has 0 unspecified atom stereocenters. The molecule has 0 radical (unpaired) electrons. The fourth-order valence-corrected chi connectivity index (χ4v) is 2.59. The fraction of sp³-hybridized carbons (Fsp3) is 1.00. The molecular formula is C9H21NO3S. The van der Waals surface area contributed by atoms with E-state index in [1.165, 1.54) is 0 Å². The summed E-state index contributed by atoms with van der Waals surface area (Å²) in [6, 6.07) is 0. The highest BCUT2D eigenvalue weighted by Gasteiger charge is 2.11. The van der Waals surface area contributed by atoms with E-state index in [1.807, 2.05) is 13.8 Å². The first-order chi connectivity index (χ1) is 6.48. The first-order valence-corrected chi connectivity index (χ1v) is 6.71. The van der Waals surface area contributed by atoms with Crippen LogP contribution in [-0.4, -0.2) is 32.4 Å². The SMILES string of the molecule is CC(C)CS(=O)(=O)NCCCCCO. The zero-order chi connectivity index (χ0) is 11.0. The number of sulfonamides is 1. The Labute approximate surface area is 86.8 Å². The zero-order valence-electron chi connectivity index (χ0n) is 8.99. The molecule has 2 N–H and O–H groups in total. The van der Waals surface area contributed by atoms with Gasteiger partial charge in [-0.2, -0.15) is 0 Å². The molecule has 14 heavy (non-hydrogen) atoms. The first kappa shape index (κ1) is 13.9. The Kier molecular flexibility index (Phi) is 7.13. The molecule has 0 bridgehead atoms. The van der Waals surface area contributed by atoms with Crippen LogP contribution < -0.4 is 4.72 Å². The van der Waals surface area contributed by atoms with E-state index >= 15 is 0 Å². The van der Waals surface area contributed by atoms with Gasteiger partial charge in [0.2, 0.25) is 10.0 Å². The number of aliphatic hydroxyl groups excluding tert-OH is 1. The maximum Gasteiger partial charge on any atom is 0.211 e. The van der Waals surface area contributed by atoms with Gasteiger partial charge in [0, 0.05) is 13.2 Å². The van der Waals surface area contributed by atoms with Gasteiger partial charge in [-0.25, -0.2) is 13.1 Å². The molecule has 5 heteroatoms. The van der Waals surface area contributed by atoms with Crippen LogP contribution in [0, 0.1) is 5.92 Å². The second kappa shape index (κ2) is 7.20. The highest BCUT2D eigenvalue weighted by molar-refractivity contribution is 7.89. The van der Waals surface area contributed by atoms with Crippen molar-refractivity contribution in [1.29, 1.82) is 0 Å². The molecule has 4 nitrogen and oxygen atoms in total. The Morgan fingerprint density at radius 2 is 1.86 bits per heavy atom. The molecule has 0 amide bonds. The summed E-state index contributed by atoms with van der Waals surface area (Å²) in [5.41, 5.74) is 0. The first-order valence-electron chi connectivity index (χ1n) is 5.06. The predicted molar refractivity (Wildman–Crippen MR) is 57.6 cm³/mol. The summed E-state index contributed by atoms with van der Waals surface area (Å²) in [7, 11) is -3.08. The molecule has 0 aliphatic heterocycles. The van der Waals surface area contributed by atoms with Crippen LogP contribution in [0.5, 0.6) is 0 Å². The predicted octanol–water partition coefficient (Wildman–Crippen LogP) is 0.724. The van der Waals surface area contributed by atoms with Gasteiger partial charge in [0.05, 0.1) is 5.75 Å². The maximum atomic E-state index is 11.3. The minimum absolute atomic E-state index is 0.157. The molecule has 86 valence electrons. The third-order valence-electron chi connectivity index (χ3n) is 1.71. The van der Waals surface area contributed by atoms with E-state index in [9.17, 15) is 8.42 Å². The third-order valence-corrected chi connectivity index (χ3v) is 3.46. The summed E-state index contributed by atoms with van der Waals surface area (Å²) in [6.45, 7) is 4.42. The highest BCUT2D eigenvalue weighted by atomic mass is 32.2. The van der Waals surface area contributed by atoms with Crippen LogP contribution in [0.2, 0.25) is 0 Å². The van der Waals surface area contributed by atoms with E-state index in [-0.39, 0.29) is 18.3 Å². The van der Waals surface area contributed by atoms with Crippen molar-refractivity contribution in [3.8, 4) is 0 Å². The monoisotopic (exact) mass is 223 g/mol. The van der Waals surface area contributed by atoms with E-state index in [2.05, 4.69) is 4.72 Å². The Morgan fingerprint density at radius 3 is 2.36 bits per heavy atom. The van der Waals surface area contributed by atoms with E-state index in [1.54, 1.807) is 0 Å². The van der Waals surface area contributed by atoms with Gasteiger partial charge in [0.1, 0.15) is 0 Å².